The summed E-state index contributed by atoms with van der Waals surface area (Å²) >= 11 is 0. The van der Waals surface area contributed by atoms with Crippen LogP contribution in [0, 0.1) is 0 Å². The number of hydrogen-bond acceptors (Lipinski definition) is 3. The topological polar surface area (TPSA) is 50.9 Å². The number of nitrogens with zero attached hydrogens (tertiary/aromatic N) is 3. The third-order valence-electron chi connectivity index (χ3n) is 3.77. The molecule has 4 nitrogen and oxygen atoms in total. The predicted octanol–water partition coefficient (Wildman–Crippen LogP) is 2.79. The second kappa shape index (κ2) is 4.42. The highest BCUT2D eigenvalue weighted by molar-refractivity contribution is 5.80. The van der Waals surface area contributed by atoms with Gasteiger partial charge in [-0.1, -0.05) is 18.2 Å². The number of para-hydroxylation sites is 1. The van der Waals surface area contributed by atoms with Crippen molar-refractivity contribution < 1.29 is 5.11 Å². The quantitative estimate of drug-likeness (QED) is 0.792. The molecule has 1 saturated carbocycles. The van der Waals surface area contributed by atoms with Gasteiger partial charge in [-0.3, -0.25) is 0 Å². The van der Waals surface area contributed by atoms with Crippen LogP contribution in [0.25, 0.3) is 16.7 Å². The van der Waals surface area contributed by atoms with Crippen LogP contribution in [0.4, 0.5) is 0 Å². The summed E-state index contributed by atoms with van der Waals surface area (Å²) in [5.41, 5.74) is 2.85. The van der Waals surface area contributed by atoms with Gasteiger partial charge < -0.3 is 5.11 Å². The molecule has 0 saturated heterocycles. The third kappa shape index (κ3) is 1.89. The van der Waals surface area contributed by atoms with Gasteiger partial charge in [0.05, 0.1) is 17.8 Å². The summed E-state index contributed by atoms with van der Waals surface area (Å²) in [7, 11) is 0. The lowest BCUT2D eigenvalue weighted by Crippen LogP contribution is -2.04. The molecule has 0 atom stereocenters. The molecule has 0 bridgehead atoms. The zero-order valence-corrected chi connectivity index (χ0v) is 11.0. The van der Waals surface area contributed by atoms with E-state index in [1.807, 2.05) is 36.5 Å². The molecule has 1 aromatic carbocycles. The van der Waals surface area contributed by atoms with Crippen LogP contribution in [0.5, 0.6) is 0 Å². The first-order valence-electron chi connectivity index (χ1n) is 6.90. The smallest absolute Gasteiger partial charge is 0.159 e. The summed E-state index contributed by atoms with van der Waals surface area (Å²) in [6.07, 6.45) is 4.40. The van der Waals surface area contributed by atoms with Crippen LogP contribution < -0.4 is 0 Å². The monoisotopic (exact) mass is 265 g/mol. The summed E-state index contributed by atoms with van der Waals surface area (Å²) in [5.74, 6) is 1.34. The van der Waals surface area contributed by atoms with Gasteiger partial charge in [-0.2, -0.15) is 5.10 Å². The zero-order chi connectivity index (χ0) is 13.5. The highest BCUT2D eigenvalue weighted by atomic mass is 16.3. The molecule has 4 rings (SSSR count). The maximum absolute atomic E-state index is 9.59. The fourth-order valence-corrected chi connectivity index (χ4v) is 2.52. The van der Waals surface area contributed by atoms with Crippen molar-refractivity contribution >= 4 is 10.9 Å². The molecule has 0 spiro atoms. The minimum Gasteiger partial charge on any atom is -0.392 e. The normalized spacial score (nSPS) is 14.8. The lowest BCUT2D eigenvalue weighted by molar-refractivity contribution is 0.281. The van der Waals surface area contributed by atoms with Crippen LogP contribution in [-0.2, 0) is 6.61 Å². The van der Waals surface area contributed by atoms with Crippen LogP contribution in [0.2, 0.25) is 0 Å². The molecule has 0 unspecified atom stereocenters. The molecular weight excluding hydrogens is 250 g/mol. The maximum Gasteiger partial charge on any atom is 0.159 e. The van der Waals surface area contributed by atoms with E-state index in [4.69, 9.17) is 0 Å². The van der Waals surface area contributed by atoms with E-state index in [9.17, 15) is 5.11 Å². The van der Waals surface area contributed by atoms with Crippen molar-refractivity contribution in [2.45, 2.75) is 25.4 Å². The molecule has 0 aliphatic heterocycles. The molecule has 4 heteroatoms. The summed E-state index contributed by atoms with van der Waals surface area (Å²) in [5, 5.41) is 15.2. The summed E-state index contributed by atoms with van der Waals surface area (Å²) in [4.78, 5) is 4.65. The van der Waals surface area contributed by atoms with Gasteiger partial charge in [0.25, 0.3) is 0 Å². The molecule has 0 amide bonds. The van der Waals surface area contributed by atoms with Gasteiger partial charge >= 0.3 is 0 Å². The molecule has 2 heterocycles. The Bertz CT molecular complexity index is 774. The standard InChI is InChI=1S/C16H15N3O/c20-10-13-9-12-3-1-2-4-14(12)17-16(13)19-8-7-15(18-19)11-5-6-11/h1-4,7-9,11,20H,5-6,10H2. The molecule has 1 aliphatic rings. The number of benzene rings is 1. The SMILES string of the molecule is OCc1cc2ccccc2nc1-n1ccc(C2CC2)n1. The lowest BCUT2D eigenvalue weighted by Gasteiger charge is -2.08. The maximum atomic E-state index is 9.59. The third-order valence-corrected chi connectivity index (χ3v) is 3.77. The van der Waals surface area contributed by atoms with Crippen molar-refractivity contribution in [3.63, 3.8) is 0 Å². The molecule has 3 aromatic rings. The first-order valence-corrected chi connectivity index (χ1v) is 6.90. The largest absolute Gasteiger partial charge is 0.392 e. The van der Waals surface area contributed by atoms with Crippen molar-refractivity contribution in [2.24, 2.45) is 0 Å². The first-order chi connectivity index (χ1) is 9.85. The van der Waals surface area contributed by atoms with Crippen molar-refractivity contribution in [1.82, 2.24) is 14.8 Å². The molecule has 1 N–H and O–H groups in total. The van der Waals surface area contributed by atoms with Gasteiger partial charge in [-0.15, -0.1) is 0 Å². The van der Waals surface area contributed by atoms with E-state index >= 15 is 0 Å². The van der Waals surface area contributed by atoms with E-state index in [1.165, 1.54) is 12.8 Å². The lowest BCUT2D eigenvalue weighted by atomic mass is 10.1. The Labute approximate surface area is 116 Å². The van der Waals surface area contributed by atoms with Gasteiger partial charge in [0.15, 0.2) is 5.82 Å². The number of aliphatic hydroxyl groups excluding tert-OH is 1. The summed E-state index contributed by atoms with van der Waals surface area (Å²) in [6, 6.07) is 12.0. The van der Waals surface area contributed by atoms with Crippen molar-refractivity contribution in [3.05, 3.63) is 53.9 Å². The number of pyridine rings is 1. The molecule has 20 heavy (non-hydrogen) atoms. The van der Waals surface area contributed by atoms with Crippen molar-refractivity contribution in [3.8, 4) is 5.82 Å². The Kier molecular flexibility index (Phi) is 2.57. The van der Waals surface area contributed by atoms with E-state index in [0.717, 1.165) is 28.0 Å². The Hall–Kier alpha value is -2.20. The number of aliphatic hydroxyl groups is 1. The Morgan fingerprint density at radius 3 is 2.85 bits per heavy atom. The summed E-state index contributed by atoms with van der Waals surface area (Å²) < 4.78 is 1.78. The highest BCUT2D eigenvalue weighted by Crippen LogP contribution is 2.39. The van der Waals surface area contributed by atoms with Gasteiger partial charge in [0.2, 0.25) is 0 Å². The van der Waals surface area contributed by atoms with Crippen LogP contribution >= 0.6 is 0 Å². The molecule has 1 fully saturated rings. The van der Waals surface area contributed by atoms with E-state index in [-0.39, 0.29) is 6.61 Å². The number of rotatable bonds is 3. The van der Waals surface area contributed by atoms with Crippen LogP contribution in [0.15, 0.2) is 42.6 Å². The fourth-order valence-electron chi connectivity index (χ4n) is 2.52. The molecule has 1 aliphatic carbocycles. The number of hydrogen-bond donors (Lipinski definition) is 1. The molecule has 100 valence electrons. The van der Waals surface area contributed by atoms with Crippen LogP contribution in [0.1, 0.15) is 30.0 Å². The molecule has 0 radical (unpaired) electrons. The zero-order valence-electron chi connectivity index (χ0n) is 11.0. The van der Waals surface area contributed by atoms with E-state index < -0.39 is 0 Å². The van der Waals surface area contributed by atoms with Crippen molar-refractivity contribution in [1.29, 1.82) is 0 Å². The van der Waals surface area contributed by atoms with Gasteiger partial charge in [0, 0.05) is 23.1 Å². The van der Waals surface area contributed by atoms with Crippen LogP contribution in [-0.4, -0.2) is 19.9 Å². The van der Waals surface area contributed by atoms with Gasteiger partial charge in [0.1, 0.15) is 0 Å². The highest BCUT2D eigenvalue weighted by Gasteiger charge is 2.26. The van der Waals surface area contributed by atoms with E-state index in [2.05, 4.69) is 16.1 Å². The molecular formula is C16H15N3O. The van der Waals surface area contributed by atoms with E-state index in [1.54, 1.807) is 4.68 Å². The Balaban J connectivity index is 1.87. The average molecular weight is 265 g/mol. The second-order valence-corrected chi connectivity index (χ2v) is 5.28. The minimum absolute atomic E-state index is 0.0359. The summed E-state index contributed by atoms with van der Waals surface area (Å²) in [6.45, 7) is -0.0359. The number of aromatic nitrogens is 3. The van der Waals surface area contributed by atoms with Gasteiger partial charge in [-0.25, -0.2) is 9.67 Å². The first kappa shape index (κ1) is 11.6. The van der Waals surface area contributed by atoms with Crippen LogP contribution in [0.3, 0.4) is 0 Å². The van der Waals surface area contributed by atoms with Crippen molar-refractivity contribution in [2.75, 3.05) is 0 Å². The predicted molar refractivity (Wildman–Crippen MR) is 76.8 cm³/mol. The second-order valence-electron chi connectivity index (χ2n) is 5.28. The number of fused-ring (bicyclic) bond motifs is 1. The Morgan fingerprint density at radius 1 is 1.20 bits per heavy atom. The van der Waals surface area contributed by atoms with Gasteiger partial charge in [-0.05, 0) is 31.0 Å². The minimum atomic E-state index is -0.0359. The molecule has 2 aromatic heterocycles. The Morgan fingerprint density at radius 2 is 2.05 bits per heavy atom. The average Bonchev–Trinajstić information content (AvgIpc) is 3.23. The van der Waals surface area contributed by atoms with E-state index in [0.29, 0.717) is 5.92 Å². The fraction of sp³-hybridized carbons (Fsp3) is 0.250.